The lowest BCUT2D eigenvalue weighted by molar-refractivity contribution is 0.447. The van der Waals surface area contributed by atoms with E-state index in [1.165, 1.54) is 60.1 Å². The molecule has 0 saturated heterocycles. The molecule has 1 aliphatic heterocycles. The zero-order valence-electron chi connectivity index (χ0n) is 30.7. The van der Waals surface area contributed by atoms with Gasteiger partial charge in [0.1, 0.15) is 0 Å². The molecular weight excluding hydrogens is 667 g/mol. The lowest BCUT2D eigenvalue weighted by Crippen LogP contribution is -2.18. The number of hydrogen-bond acceptors (Lipinski definition) is 3. The third-order valence-corrected chi connectivity index (χ3v) is 11.4. The van der Waals surface area contributed by atoms with E-state index in [0.29, 0.717) is 0 Å². The molecule has 8 aromatic carbocycles. The predicted octanol–water partition coefficient (Wildman–Crippen LogP) is 13.4. The molecule has 2 heterocycles. The number of aliphatic imine (C=N–C) groups is 2. The summed E-state index contributed by atoms with van der Waals surface area (Å²) in [5.41, 5.74) is 10.3. The highest BCUT2D eigenvalue weighted by atomic mass is 15.0. The van der Waals surface area contributed by atoms with E-state index in [1.54, 1.807) is 0 Å². The maximum Gasteiger partial charge on any atom is 0.155 e. The van der Waals surface area contributed by atoms with Gasteiger partial charge in [0.25, 0.3) is 0 Å². The number of nitrogens with zero attached hydrogens (tertiary/aromatic N) is 3. The van der Waals surface area contributed by atoms with Crippen LogP contribution in [0.15, 0.2) is 192 Å². The predicted molar refractivity (Wildman–Crippen MR) is 232 cm³/mol. The third kappa shape index (κ3) is 6.18. The van der Waals surface area contributed by atoms with Gasteiger partial charge in [0.15, 0.2) is 5.84 Å². The molecule has 1 aromatic heterocycles. The molecule has 1 aliphatic rings. The maximum atomic E-state index is 5.66. The molecule has 0 saturated carbocycles. The van der Waals surface area contributed by atoms with E-state index in [2.05, 4.69) is 183 Å². The molecule has 2 atom stereocenters. The van der Waals surface area contributed by atoms with Gasteiger partial charge in [-0.05, 0) is 97.3 Å². The monoisotopic (exact) mass is 705 g/mol. The molecule has 0 radical (unpaired) electrons. The quantitative estimate of drug-likeness (QED) is 0.164. The van der Waals surface area contributed by atoms with Gasteiger partial charge >= 0.3 is 0 Å². The molecule has 2 unspecified atom stereocenters. The Morgan fingerprint density at radius 2 is 1.15 bits per heavy atom. The second kappa shape index (κ2) is 13.9. The third-order valence-electron chi connectivity index (χ3n) is 11.4. The number of amidine groups is 1. The van der Waals surface area contributed by atoms with Gasteiger partial charge in [0, 0.05) is 22.5 Å². The van der Waals surface area contributed by atoms with Gasteiger partial charge in [0.2, 0.25) is 0 Å². The summed E-state index contributed by atoms with van der Waals surface area (Å²) in [7, 11) is 0. The van der Waals surface area contributed by atoms with Crippen LogP contribution in [0.1, 0.15) is 42.5 Å². The summed E-state index contributed by atoms with van der Waals surface area (Å²) in [6, 6.07) is 63.1. The smallest absolute Gasteiger partial charge is 0.155 e. The Hall–Kier alpha value is -6.71. The van der Waals surface area contributed by atoms with Gasteiger partial charge in [-0.25, -0.2) is 4.99 Å². The average molecular weight is 706 g/mol. The first kappa shape index (κ1) is 32.9. The van der Waals surface area contributed by atoms with Crippen LogP contribution in [0.2, 0.25) is 0 Å². The van der Waals surface area contributed by atoms with Gasteiger partial charge in [-0.2, -0.15) is 0 Å². The minimum absolute atomic E-state index is 0.0888. The minimum Gasteiger partial charge on any atom is -0.258 e. The molecule has 0 bridgehead atoms. The van der Waals surface area contributed by atoms with Crippen LogP contribution in [0.5, 0.6) is 0 Å². The van der Waals surface area contributed by atoms with Crippen LogP contribution >= 0.6 is 0 Å². The lowest BCUT2D eigenvalue weighted by Gasteiger charge is -2.27. The van der Waals surface area contributed by atoms with Crippen LogP contribution in [-0.2, 0) is 0 Å². The maximum absolute atomic E-state index is 5.66. The van der Waals surface area contributed by atoms with E-state index in [-0.39, 0.29) is 12.0 Å². The van der Waals surface area contributed by atoms with E-state index >= 15 is 0 Å². The van der Waals surface area contributed by atoms with E-state index in [4.69, 9.17) is 15.0 Å². The van der Waals surface area contributed by atoms with Crippen molar-refractivity contribution in [1.82, 2.24) is 4.98 Å². The first-order valence-electron chi connectivity index (χ1n) is 19.3. The first-order valence-corrected chi connectivity index (χ1v) is 19.3. The van der Waals surface area contributed by atoms with Crippen LogP contribution in [0.25, 0.3) is 65.5 Å². The molecule has 55 heavy (non-hydrogen) atoms. The van der Waals surface area contributed by atoms with Crippen molar-refractivity contribution in [2.24, 2.45) is 15.9 Å². The summed E-state index contributed by atoms with van der Waals surface area (Å²) in [5, 5.41) is 8.40. The summed E-state index contributed by atoms with van der Waals surface area (Å²) in [4.78, 5) is 16.0. The Bertz CT molecular complexity index is 2940. The van der Waals surface area contributed by atoms with Gasteiger partial charge in [0.05, 0.1) is 17.3 Å². The number of rotatable bonds is 5. The second-order valence-electron chi connectivity index (χ2n) is 14.8. The van der Waals surface area contributed by atoms with E-state index in [0.717, 1.165) is 46.4 Å². The molecule has 9 aromatic rings. The van der Waals surface area contributed by atoms with Gasteiger partial charge < -0.3 is 0 Å². The van der Waals surface area contributed by atoms with Gasteiger partial charge in [-0.1, -0.05) is 165 Å². The summed E-state index contributed by atoms with van der Waals surface area (Å²) in [6.07, 6.45) is 3.81. The standard InChI is InChI=1S/C52H39N3/c1-34-19-29-48(39-24-20-37(21-25-39)35-11-3-2-4-12-35)54-52(42-27-22-36-13-5-6-14-40(36)31-42)55-51(34)46-18-10-9-16-44(46)41-26-23-38-28-30-49-50(47(38)32-41)45-17-8-7-15-43(45)33-53-49/h2-18,20-28,30-34,51H,19,29H2,1H3/b54-48+,55-52-. The largest absolute Gasteiger partial charge is 0.258 e. The molecule has 0 amide bonds. The summed E-state index contributed by atoms with van der Waals surface area (Å²) >= 11 is 0. The highest BCUT2D eigenvalue weighted by Gasteiger charge is 2.26. The Labute approximate surface area is 321 Å². The number of hydrogen-bond donors (Lipinski definition) is 0. The van der Waals surface area contributed by atoms with E-state index in [1.807, 2.05) is 6.20 Å². The highest BCUT2D eigenvalue weighted by molar-refractivity contribution is 6.19. The van der Waals surface area contributed by atoms with Crippen molar-refractivity contribution in [3.8, 4) is 22.3 Å². The van der Waals surface area contributed by atoms with Crippen LogP contribution < -0.4 is 0 Å². The van der Waals surface area contributed by atoms with Crippen molar-refractivity contribution >= 4 is 54.8 Å². The fourth-order valence-corrected chi connectivity index (χ4v) is 8.39. The number of pyridine rings is 1. The molecule has 0 N–H and O–H groups in total. The van der Waals surface area contributed by atoms with Crippen molar-refractivity contribution in [1.29, 1.82) is 0 Å². The lowest BCUT2D eigenvalue weighted by atomic mass is 9.84. The van der Waals surface area contributed by atoms with Gasteiger partial charge in [-0.3, -0.25) is 9.98 Å². The van der Waals surface area contributed by atoms with Crippen molar-refractivity contribution in [3.63, 3.8) is 0 Å². The minimum atomic E-state index is -0.0888. The fourth-order valence-electron chi connectivity index (χ4n) is 8.39. The number of benzene rings is 8. The van der Waals surface area contributed by atoms with Crippen molar-refractivity contribution in [2.75, 3.05) is 0 Å². The van der Waals surface area contributed by atoms with E-state index < -0.39 is 0 Å². The van der Waals surface area contributed by atoms with Crippen LogP contribution in [-0.4, -0.2) is 16.5 Å². The fraction of sp³-hybridized carbons (Fsp3) is 0.0962. The molecule has 0 aliphatic carbocycles. The molecular formula is C52H39N3. The second-order valence-corrected chi connectivity index (χ2v) is 14.8. The Balaban J connectivity index is 1.12. The summed E-state index contributed by atoms with van der Waals surface area (Å²) in [5.74, 6) is 1.04. The molecule has 3 heteroatoms. The summed E-state index contributed by atoms with van der Waals surface area (Å²) < 4.78 is 0. The topological polar surface area (TPSA) is 37.6 Å². The summed E-state index contributed by atoms with van der Waals surface area (Å²) in [6.45, 7) is 2.36. The molecule has 262 valence electrons. The van der Waals surface area contributed by atoms with Crippen LogP contribution in [0.3, 0.4) is 0 Å². The first-order chi connectivity index (χ1) is 27.2. The number of aromatic nitrogens is 1. The van der Waals surface area contributed by atoms with E-state index in [9.17, 15) is 0 Å². The van der Waals surface area contributed by atoms with Crippen molar-refractivity contribution in [2.45, 2.75) is 25.8 Å². The van der Waals surface area contributed by atoms with Crippen LogP contribution in [0, 0.1) is 5.92 Å². The van der Waals surface area contributed by atoms with Crippen LogP contribution in [0.4, 0.5) is 0 Å². The zero-order valence-corrected chi connectivity index (χ0v) is 30.7. The molecule has 0 fully saturated rings. The Kier molecular flexibility index (Phi) is 8.33. The Morgan fingerprint density at radius 1 is 0.491 bits per heavy atom. The molecule has 3 nitrogen and oxygen atoms in total. The van der Waals surface area contributed by atoms with Crippen molar-refractivity contribution < 1.29 is 0 Å². The molecule has 10 rings (SSSR count). The van der Waals surface area contributed by atoms with Crippen molar-refractivity contribution in [3.05, 3.63) is 199 Å². The van der Waals surface area contributed by atoms with Gasteiger partial charge in [-0.15, -0.1) is 0 Å². The Morgan fingerprint density at radius 3 is 2.02 bits per heavy atom. The molecule has 0 spiro atoms. The SMILES string of the molecule is CC1CC/C(c2ccc(-c3ccccc3)cc2)=N\C(c2ccc3ccccc3c2)=N/C1c1ccccc1-c1ccc2ccc3ncc4ccccc4c3c2c1. The normalized spacial score (nSPS) is 18.1. The zero-order chi connectivity index (χ0) is 36.7. The average Bonchev–Trinajstić information content (AvgIpc) is 3.25. The number of fused-ring (bicyclic) bond motifs is 6. The highest BCUT2D eigenvalue weighted by Crippen LogP contribution is 2.40.